The highest BCUT2D eigenvalue weighted by molar-refractivity contribution is 5.84. The van der Waals surface area contributed by atoms with E-state index >= 15 is 0 Å². The van der Waals surface area contributed by atoms with Gasteiger partial charge in [0.15, 0.2) is 11.5 Å². The van der Waals surface area contributed by atoms with Gasteiger partial charge in [0.1, 0.15) is 5.82 Å². The van der Waals surface area contributed by atoms with Crippen LogP contribution >= 0.6 is 0 Å². The van der Waals surface area contributed by atoms with E-state index in [2.05, 4.69) is 0 Å². The van der Waals surface area contributed by atoms with Crippen molar-refractivity contribution in [3.8, 4) is 11.5 Å². The topological polar surface area (TPSA) is 38.8 Å². The molecule has 25 heavy (non-hydrogen) atoms. The third kappa shape index (κ3) is 2.95. The molecule has 1 amide bonds. The van der Waals surface area contributed by atoms with Gasteiger partial charge >= 0.3 is 0 Å². The highest BCUT2D eigenvalue weighted by atomic mass is 19.1. The second kappa shape index (κ2) is 6.39. The molecule has 5 heteroatoms. The third-order valence-electron chi connectivity index (χ3n) is 5.00. The highest BCUT2D eigenvalue weighted by Crippen LogP contribution is 2.37. The molecule has 0 radical (unpaired) electrons. The fourth-order valence-electron chi connectivity index (χ4n) is 3.60. The van der Waals surface area contributed by atoms with Gasteiger partial charge in [0.05, 0.1) is 5.92 Å². The Bertz CT molecular complexity index is 803. The van der Waals surface area contributed by atoms with Crippen LogP contribution in [0.1, 0.15) is 36.0 Å². The van der Waals surface area contributed by atoms with Gasteiger partial charge in [-0.25, -0.2) is 4.39 Å². The number of hydrogen-bond donors (Lipinski definition) is 0. The van der Waals surface area contributed by atoms with Crippen LogP contribution in [0.2, 0.25) is 0 Å². The van der Waals surface area contributed by atoms with Crippen LogP contribution < -0.4 is 9.47 Å². The summed E-state index contributed by atoms with van der Waals surface area (Å²) >= 11 is 0. The molecule has 2 aromatic carbocycles. The van der Waals surface area contributed by atoms with Crippen molar-refractivity contribution in [2.24, 2.45) is 0 Å². The Labute approximate surface area is 146 Å². The van der Waals surface area contributed by atoms with E-state index in [0.717, 1.165) is 29.0 Å². The summed E-state index contributed by atoms with van der Waals surface area (Å²) in [6.07, 6.45) is 1.49. The number of ether oxygens (including phenoxy) is 2. The number of benzene rings is 2. The van der Waals surface area contributed by atoms with E-state index < -0.39 is 0 Å². The molecule has 0 fully saturated rings. The predicted octanol–water partition coefficient (Wildman–Crippen LogP) is 3.63. The van der Waals surface area contributed by atoms with Gasteiger partial charge in [-0.1, -0.05) is 19.1 Å². The van der Waals surface area contributed by atoms with Crippen LogP contribution in [0.25, 0.3) is 0 Å². The first-order chi connectivity index (χ1) is 12.2. The van der Waals surface area contributed by atoms with E-state index in [4.69, 9.17) is 9.47 Å². The maximum Gasteiger partial charge on any atom is 0.231 e. The zero-order valence-corrected chi connectivity index (χ0v) is 14.1. The number of amides is 1. The van der Waals surface area contributed by atoms with Crippen LogP contribution in [-0.2, 0) is 17.8 Å². The van der Waals surface area contributed by atoms with Crippen LogP contribution in [0.4, 0.5) is 4.39 Å². The summed E-state index contributed by atoms with van der Waals surface area (Å²) in [4.78, 5) is 14.9. The maximum atomic E-state index is 13.2. The van der Waals surface area contributed by atoms with Crippen molar-refractivity contribution in [2.75, 3.05) is 13.3 Å². The smallest absolute Gasteiger partial charge is 0.231 e. The quantitative estimate of drug-likeness (QED) is 0.856. The van der Waals surface area contributed by atoms with Crippen LogP contribution in [0.3, 0.4) is 0 Å². The number of carbonyl (C=O) groups is 1. The molecule has 1 unspecified atom stereocenters. The molecule has 4 nitrogen and oxygen atoms in total. The third-order valence-corrected chi connectivity index (χ3v) is 5.00. The second-order valence-electron chi connectivity index (χ2n) is 6.50. The number of fused-ring (bicyclic) bond motifs is 2. The van der Waals surface area contributed by atoms with Gasteiger partial charge in [0, 0.05) is 13.1 Å². The zero-order valence-electron chi connectivity index (χ0n) is 14.1. The van der Waals surface area contributed by atoms with E-state index in [-0.39, 0.29) is 24.4 Å². The van der Waals surface area contributed by atoms with Crippen LogP contribution in [0.5, 0.6) is 11.5 Å². The van der Waals surface area contributed by atoms with Gasteiger partial charge in [-0.3, -0.25) is 4.79 Å². The lowest BCUT2D eigenvalue weighted by molar-refractivity contribution is -0.133. The van der Waals surface area contributed by atoms with E-state index in [1.165, 1.54) is 17.7 Å². The van der Waals surface area contributed by atoms with E-state index in [0.29, 0.717) is 19.5 Å². The predicted molar refractivity (Wildman–Crippen MR) is 91.1 cm³/mol. The Morgan fingerprint density at radius 2 is 1.84 bits per heavy atom. The summed E-state index contributed by atoms with van der Waals surface area (Å²) < 4.78 is 24.0. The first-order valence-corrected chi connectivity index (χ1v) is 8.61. The first-order valence-electron chi connectivity index (χ1n) is 8.61. The molecule has 1 atom stereocenters. The Morgan fingerprint density at radius 3 is 2.52 bits per heavy atom. The van der Waals surface area contributed by atoms with Crippen molar-refractivity contribution in [3.63, 3.8) is 0 Å². The van der Waals surface area contributed by atoms with E-state index in [1.54, 1.807) is 12.1 Å². The lowest BCUT2D eigenvalue weighted by Gasteiger charge is -2.32. The summed E-state index contributed by atoms with van der Waals surface area (Å²) in [5, 5.41) is 0. The molecular formula is C20H20FNO3. The SMILES string of the molecule is CCC(C(=O)N1CCc2cc3c(cc2C1)OCO3)c1ccc(F)cc1. The minimum Gasteiger partial charge on any atom is -0.454 e. The van der Waals surface area contributed by atoms with Gasteiger partial charge in [0.2, 0.25) is 12.7 Å². The molecule has 130 valence electrons. The van der Waals surface area contributed by atoms with Gasteiger partial charge in [-0.2, -0.15) is 0 Å². The van der Waals surface area contributed by atoms with Crippen molar-refractivity contribution in [1.82, 2.24) is 4.90 Å². The lowest BCUT2D eigenvalue weighted by Crippen LogP contribution is -2.38. The number of carbonyl (C=O) groups excluding carboxylic acids is 1. The summed E-state index contributed by atoms with van der Waals surface area (Å²) in [5.41, 5.74) is 3.19. The monoisotopic (exact) mass is 341 g/mol. The van der Waals surface area contributed by atoms with Crippen molar-refractivity contribution >= 4 is 5.91 Å². The summed E-state index contributed by atoms with van der Waals surface area (Å²) in [5.74, 6) is 1.11. The Kier molecular flexibility index (Phi) is 4.07. The van der Waals surface area contributed by atoms with Gasteiger partial charge in [0.25, 0.3) is 0 Å². The zero-order chi connectivity index (χ0) is 17.4. The Balaban J connectivity index is 1.55. The maximum absolute atomic E-state index is 13.2. The molecule has 4 rings (SSSR count). The second-order valence-corrected chi connectivity index (χ2v) is 6.50. The molecule has 0 saturated carbocycles. The molecule has 2 aromatic rings. The Morgan fingerprint density at radius 1 is 1.16 bits per heavy atom. The minimum atomic E-state index is -0.283. The molecule has 2 aliphatic rings. The molecule has 0 aromatic heterocycles. The molecule has 0 bridgehead atoms. The van der Waals surface area contributed by atoms with Gasteiger partial charge in [-0.15, -0.1) is 0 Å². The standard InChI is InChI=1S/C20H20FNO3/c1-2-17(13-3-5-16(21)6-4-13)20(23)22-8-7-14-9-18-19(25-12-24-18)10-15(14)11-22/h3-6,9-10,17H,2,7-8,11-12H2,1H3. The average Bonchev–Trinajstić information content (AvgIpc) is 3.08. The van der Waals surface area contributed by atoms with E-state index in [1.807, 2.05) is 24.0 Å². The number of nitrogens with zero attached hydrogens (tertiary/aromatic N) is 1. The van der Waals surface area contributed by atoms with Crippen molar-refractivity contribution in [1.29, 1.82) is 0 Å². The molecule has 0 N–H and O–H groups in total. The Hall–Kier alpha value is -2.56. The van der Waals surface area contributed by atoms with Crippen LogP contribution in [0, 0.1) is 5.82 Å². The minimum absolute atomic E-state index is 0.0948. The van der Waals surface area contributed by atoms with Crippen molar-refractivity contribution in [3.05, 3.63) is 58.9 Å². The highest BCUT2D eigenvalue weighted by Gasteiger charge is 2.29. The summed E-state index contributed by atoms with van der Waals surface area (Å²) in [6, 6.07) is 10.2. The van der Waals surface area contributed by atoms with Gasteiger partial charge in [-0.05, 0) is 53.8 Å². The number of halogens is 1. The summed E-state index contributed by atoms with van der Waals surface area (Å²) in [6.45, 7) is 3.50. The molecule has 0 saturated heterocycles. The lowest BCUT2D eigenvalue weighted by atomic mass is 9.92. The average molecular weight is 341 g/mol. The molecular weight excluding hydrogens is 321 g/mol. The first kappa shape index (κ1) is 15.9. The molecule has 2 heterocycles. The van der Waals surface area contributed by atoms with Gasteiger partial charge < -0.3 is 14.4 Å². The molecule has 0 aliphatic carbocycles. The molecule has 0 spiro atoms. The largest absolute Gasteiger partial charge is 0.454 e. The summed E-state index contributed by atoms with van der Waals surface area (Å²) in [7, 11) is 0. The fourth-order valence-corrected chi connectivity index (χ4v) is 3.60. The van der Waals surface area contributed by atoms with Crippen molar-refractivity contribution in [2.45, 2.75) is 32.2 Å². The normalized spacial score (nSPS) is 16.5. The fraction of sp³-hybridized carbons (Fsp3) is 0.350. The number of rotatable bonds is 3. The van der Waals surface area contributed by atoms with Crippen LogP contribution in [-0.4, -0.2) is 24.1 Å². The van der Waals surface area contributed by atoms with E-state index in [9.17, 15) is 9.18 Å². The van der Waals surface area contributed by atoms with Crippen LogP contribution in [0.15, 0.2) is 36.4 Å². The molecule has 2 aliphatic heterocycles. The number of hydrogen-bond acceptors (Lipinski definition) is 3. The van der Waals surface area contributed by atoms with Crippen molar-refractivity contribution < 1.29 is 18.7 Å².